The highest BCUT2D eigenvalue weighted by atomic mass is 16.5. The van der Waals surface area contributed by atoms with Crippen molar-refractivity contribution in [3.05, 3.63) is 48.0 Å². The molecule has 0 radical (unpaired) electrons. The van der Waals surface area contributed by atoms with Gasteiger partial charge in [-0.05, 0) is 24.3 Å². The number of hydrogen-bond acceptors (Lipinski definition) is 3. The number of carbonyl (C=O) groups is 1. The lowest BCUT2D eigenvalue weighted by Crippen LogP contribution is -2.25. The van der Waals surface area contributed by atoms with Crippen LogP contribution < -0.4 is 0 Å². The maximum absolute atomic E-state index is 12.3. The van der Waals surface area contributed by atoms with E-state index in [0.29, 0.717) is 32.5 Å². The van der Waals surface area contributed by atoms with Gasteiger partial charge in [-0.15, -0.1) is 0 Å². The van der Waals surface area contributed by atoms with Crippen LogP contribution in [0.25, 0.3) is 0 Å². The molecule has 0 spiro atoms. The zero-order valence-corrected chi connectivity index (χ0v) is 15.1. The molecule has 1 rings (SSSR count). The van der Waals surface area contributed by atoms with E-state index >= 15 is 0 Å². The van der Waals surface area contributed by atoms with Crippen LogP contribution in [0.1, 0.15) is 52.0 Å². The average molecular weight is 327 g/mol. The van der Waals surface area contributed by atoms with E-state index in [1.807, 2.05) is 32.0 Å². The second kappa shape index (κ2) is 10.8. The fourth-order valence-corrected chi connectivity index (χ4v) is 2.39. The second-order valence-electron chi connectivity index (χ2n) is 6.90. The van der Waals surface area contributed by atoms with Crippen LogP contribution in [0.2, 0.25) is 0 Å². The number of nitriles is 1. The van der Waals surface area contributed by atoms with Crippen LogP contribution in [-0.4, -0.2) is 12.4 Å². The number of Topliss-reactive ketones (excluding diaryl/α,β-unsaturated/α-hetero) is 1. The number of hydrogen-bond donors (Lipinski definition) is 0. The smallest absolute Gasteiger partial charge is 0.139 e. The molecule has 0 heterocycles. The fraction of sp³-hybridized carbons (Fsp3) is 0.524. The molecule has 0 aromatic heterocycles. The Kier molecular flexibility index (Phi) is 9.04. The van der Waals surface area contributed by atoms with E-state index in [4.69, 9.17) is 10.00 Å². The zero-order chi connectivity index (χ0) is 17.8. The molecule has 1 aromatic rings. The predicted octanol–water partition coefficient (Wildman–Crippen LogP) is 5.07. The first-order chi connectivity index (χ1) is 11.5. The average Bonchev–Trinajstić information content (AvgIpc) is 2.57. The van der Waals surface area contributed by atoms with Gasteiger partial charge in [-0.25, -0.2) is 0 Å². The van der Waals surface area contributed by atoms with Crippen molar-refractivity contribution in [2.45, 2.75) is 53.1 Å². The van der Waals surface area contributed by atoms with Gasteiger partial charge in [0.05, 0.1) is 19.3 Å². The Morgan fingerprint density at radius 3 is 2.71 bits per heavy atom. The SMILES string of the molecule is CC(/C=C/CCOCc1ccccc1)CC(=O)C(C)(C)CCC#N. The molecule has 0 aliphatic rings. The van der Waals surface area contributed by atoms with E-state index in [0.717, 1.165) is 6.42 Å². The van der Waals surface area contributed by atoms with Crippen molar-refractivity contribution in [2.24, 2.45) is 11.3 Å². The van der Waals surface area contributed by atoms with Crippen molar-refractivity contribution < 1.29 is 9.53 Å². The molecular weight excluding hydrogens is 298 g/mol. The molecule has 3 heteroatoms. The second-order valence-corrected chi connectivity index (χ2v) is 6.90. The summed E-state index contributed by atoms with van der Waals surface area (Å²) in [5.74, 6) is 0.447. The third-order valence-corrected chi connectivity index (χ3v) is 4.13. The van der Waals surface area contributed by atoms with Gasteiger partial charge in [0, 0.05) is 18.3 Å². The minimum absolute atomic E-state index is 0.216. The highest BCUT2D eigenvalue weighted by Crippen LogP contribution is 2.26. The van der Waals surface area contributed by atoms with Crippen molar-refractivity contribution in [1.82, 2.24) is 0 Å². The highest BCUT2D eigenvalue weighted by molar-refractivity contribution is 5.84. The minimum Gasteiger partial charge on any atom is -0.376 e. The molecule has 0 N–H and O–H groups in total. The molecule has 0 fully saturated rings. The van der Waals surface area contributed by atoms with Gasteiger partial charge in [0.15, 0.2) is 0 Å². The van der Waals surface area contributed by atoms with Crippen molar-refractivity contribution in [2.75, 3.05) is 6.61 Å². The normalized spacial score (nSPS) is 12.9. The lowest BCUT2D eigenvalue weighted by atomic mass is 9.80. The van der Waals surface area contributed by atoms with Gasteiger partial charge < -0.3 is 4.74 Å². The molecule has 0 amide bonds. The quantitative estimate of drug-likeness (QED) is 0.421. The van der Waals surface area contributed by atoms with E-state index in [1.54, 1.807) is 0 Å². The Hall–Kier alpha value is -1.92. The molecule has 3 nitrogen and oxygen atoms in total. The topological polar surface area (TPSA) is 50.1 Å². The van der Waals surface area contributed by atoms with E-state index in [1.165, 1.54) is 5.56 Å². The van der Waals surface area contributed by atoms with E-state index < -0.39 is 5.41 Å². The largest absolute Gasteiger partial charge is 0.376 e. The lowest BCUT2D eigenvalue weighted by molar-refractivity contribution is -0.127. The van der Waals surface area contributed by atoms with Crippen molar-refractivity contribution in [3.63, 3.8) is 0 Å². The van der Waals surface area contributed by atoms with Crippen LogP contribution in [0.5, 0.6) is 0 Å². The summed E-state index contributed by atoms with van der Waals surface area (Å²) in [6, 6.07) is 12.2. The first-order valence-corrected chi connectivity index (χ1v) is 8.64. The number of rotatable bonds is 11. The van der Waals surface area contributed by atoms with Gasteiger partial charge in [-0.2, -0.15) is 5.26 Å². The molecule has 0 saturated carbocycles. The Labute approximate surface area is 146 Å². The van der Waals surface area contributed by atoms with Crippen LogP contribution in [-0.2, 0) is 16.1 Å². The molecule has 0 bridgehead atoms. The van der Waals surface area contributed by atoms with Gasteiger partial charge in [0.25, 0.3) is 0 Å². The first kappa shape index (κ1) is 20.1. The number of allylic oxidation sites excluding steroid dienone is 1. The summed E-state index contributed by atoms with van der Waals surface area (Å²) >= 11 is 0. The first-order valence-electron chi connectivity index (χ1n) is 8.64. The maximum Gasteiger partial charge on any atom is 0.139 e. The number of carbonyl (C=O) groups excluding carboxylic acids is 1. The van der Waals surface area contributed by atoms with Crippen LogP contribution in [0, 0.1) is 22.7 Å². The Bertz CT molecular complexity index is 555. The molecule has 24 heavy (non-hydrogen) atoms. The predicted molar refractivity (Wildman–Crippen MR) is 97.3 cm³/mol. The molecule has 0 aliphatic carbocycles. The molecule has 0 aliphatic heterocycles. The summed E-state index contributed by atoms with van der Waals surface area (Å²) in [5.41, 5.74) is 0.774. The van der Waals surface area contributed by atoms with Gasteiger partial charge in [0.1, 0.15) is 5.78 Å². The summed E-state index contributed by atoms with van der Waals surface area (Å²) in [4.78, 5) is 12.3. The maximum atomic E-state index is 12.3. The summed E-state index contributed by atoms with van der Waals surface area (Å²) in [5, 5.41) is 8.67. The molecule has 0 saturated heterocycles. The van der Waals surface area contributed by atoms with Crippen LogP contribution in [0.15, 0.2) is 42.5 Å². The Balaban J connectivity index is 2.22. The van der Waals surface area contributed by atoms with Crippen LogP contribution in [0.4, 0.5) is 0 Å². The standard InChI is InChI=1S/C21H29NO2/c1-18(16-20(23)21(2,3)13-9-14-22)10-7-8-15-24-17-19-11-5-4-6-12-19/h4-7,10-12,18H,8-9,13,15-17H2,1-3H3/b10-7+. The zero-order valence-electron chi connectivity index (χ0n) is 15.1. The Morgan fingerprint density at radius 1 is 1.33 bits per heavy atom. The number of ketones is 1. The molecule has 130 valence electrons. The monoisotopic (exact) mass is 327 g/mol. The number of benzene rings is 1. The van der Waals surface area contributed by atoms with Crippen molar-refractivity contribution in [1.29, 1.82) is 5.26 Å². The van der Waals surface area contributed by atoms with Crippen molar-refractivity contribution in [3.8, 4) is 6.07 Å². The van der Waals surface area contributed by atoms with Gasteiger partial charge >= 0.3 is 0 Å². The third-order valence-electron chi connectivity index (χ3n) is 4.13. The van der Waals surface area contributed by atoms with Crippen LogP contribution >= 0.6 is 0 Å². The van der Waals surface area contributed by atoms with E-state index in [9.17, 15) is 4.79 Å². The summed E-state index contributed by atoms with van der Waals surface area (Å²) in [6.45, 7) is 7.23. The Morgan fingerprint density at radius 2 is 2.04 bits per heavy atom. The van der Waals surface area contributed by atoms with Gasteiger partial charge in [-0.1, -0.05) is 63.3 Å². The molecule has 1 atom stereocenters. The van der Waals surface area contributed by atoms with Crippen molar-refractivity contribution >= 4 is 5.78 Å². The molecule has 1 unspecified atom stereocenters. The molecular formula is C21H29NO2. The summed E-state index contributed by atoms with van der Waals surface area (Å²) in [7, 11) is 0. The van der Waals surface area contributed by atoms with E-state index in [2.05, 4.69) is 37.3 Å². The minimum atomic E-state index is -0.406. The fourth-order valence-electron chi connectivity index (χ4n) is 2.39. The lowest BCUT2D eigenvalue weighted by Gasteiger charge is -2.22. The van der Waals surface area contributed by atoms with E-state index in [-0.39, 0.29) is 11.7 Å². The summed E-state index contributed by atoms with van der Waals surface area (Å²) < 4.78 is 5.63. The third kappa shape index (κ3) is 8.08. The number of ether oxygens (including phenoxy) is 1. The highest BCUT2D eigenvalue weighted by Gasteiger charge is 2.27. The van der Waals surface area contributed by atoms with Gasteiger partial charge in [0.2, 0.25) is 0 Å². The summed E-state index contributed by atoms with van der Waals surface area (Å²) in [6.07, 6.45) is 6.62. The van der Waals surface area contributed by atoms with Gasteiger partial charge in [-0.3, -0.25) is 4.79 Å². The van der Waals surface area contributed by atoms with Crippen LogP contribution in [0.3, 0.4) is 0 Å². The molecule has 1 aromatic carbocycles. The number of nitrogens with zero attached hydrogens (tertiary/aromatic N) is 1.